The summed E-state index contributed by atoms with van der Waals surface area (Å²) in [6.45, 7) is 8.78. The number of nitrogens with zero attached hydrogens (tertiary/aromatic N) is 10. The highest BCUT2D eigenvalue weighted by atomic mass is 35.5. The van der Waals surface area contributed by atoms with Crippen molar-refractivity contribution >= 4 is 57.9 Å². The first-order valence-corrected chi connectivity index (χ1v) is 20.6. The minimum absolute atomic E-state index is 0.0430. The maximum absolute atomic E-state index is 13.3. The third-order valence-electron chi connectivity index (χ3n) is 10.4. The highest BCUT2D eigenvalue weighted by molar-refractivity contribution is 6.57. The number of rotatable bonds is 12. The number of primary amides is 2. The molecule has 6 heterocycles. The van der Waals surface area contributed by atoms with Gasteiger partial charge >= 0.3 is 7.12 Å². The minimum Gasteiger partial charge on any atom is -0.422 e. The highest BCUT2D eigenvalue weighted by Crippen LogP contribution is 2.29. The van der Waals surface area contributed by atoms with E-state index in [1.165, 1.54) is 18.2 Å². The Labute approximate surface area is 376 Å². The van der Waals surface area contributed by atoms with Crippen LogP contribution in [0, 0.1) is 11.6 Å². The lowest BCUT2D eigenvalue weighted by atomic mass is 9.86. The van der Waals surface area contributed by atoms with Gasteiger partial charge in [0.2, 0.25) is 0 Å². The molecule has 0 radical (unpaired) electrons. The van der Waals surface area contributed by atoms with Crippen LogP contribution in [0.3, 0.4) is 0 Å². The molecule has 8 rings (SSSR count). The van der Waals surface area contributed by atoms with Crippen LogP contribution in [0.4, 0.5) is 8.78 Å². The van der Waals surface area contributed by atoms with Crippen molar-refractivity contribution < 1.29 is 33.5 Å². The summed E-state index contributed by atoms with van der Waals surface area (Å²) in [6.07, 6.45) is 7.24. The van der Waals surface area contributed by atoms with Gasteiger partial charge < -0.3 is 26.6 Å². The Morgan fingerprint density at radius 1 is 0.785 bits per heavy atom. The fourth-order valence-corrected chi connectivity index (χ4v) is 6.51. The van der Waals surface area contributed by atoms with Crippen LogP contribution in [-0.2, 0) is 18.7 Å². The van der Waals surface area contributed by atoms with Crippen molar-refractivity contribution in [2.45, 2.75) is 65.1 Å². The number of benzene rings is 2. The Balaban J connectivity index is 0.000000182. The molecule has 0 bridgehead atoms. The Kier molecular flexibility index (Phi) is 15.0. The highest BCUT2D eigenvalue weighted by Gasteiger charge is 2.24. The van der Waals surface area contributed by atoms with Gasteiger partial charge in [0.15, 0.2) is 0 Å². The molecule has 0 fully saturated rings. The summed E-state index contributed by atoms with van der Waals surface area (Å²) >= 11 is 6.20. The van der Waals surface area contributed by atoms with E-state index in [-0.39, 0.29) is 17.0 Å². The zero-order valence-corrected chi connectivity index (χ0v) is 36.4. The summed E-state index contributed by atoms with van der Waals surface area (Å²) in [7, 11) is -1.62. The number of amides is 2. The van der Waals surface area contributed by atoms with Gasteiger partial charge in [-0.15, -0.1) is 10.2 Å². The molecule has 0 aliphatic rings. The Morgan fingerprint density at radius 3 is 1.91 bits per heavy atom. The number of carbonyl (C=O) groups excluding carboxylic acids is 2. The Bertz CT molecular complexity index is 2950. The zero-order valence-electron chi connectivity index (χ0n) is 35.6. The van der Waals surface area contributed by atoms with Crippen LogP contribution in [0.5, 0.6) is 0 Å². The van der Waals surface area contributed by atoms with Crippen LogP contribution in [0.2, 0.25) is 5.02 Å². The molecule has 0 aliphatic carbocycles. The molecular weight excluding hydrogens is 861 g/mol. The standard InChI is InChI=1S/C22H21FN6O2.C17H18ClN5O.C5H5BFNO2/c1-3-22(2,31)20-12-29(28-27-20)11-13-4-6-15-16(17-7-5-14(23)10-25-17)9-19(21(24)30)26-18(15)8-13;1-3-10(2)16-9-23(22-21-16)8-11-4-5-12-13(18)7-15(17(19)24)20-14(12)6-11;7-4-1-2-5(6(9)10)8-3-4/h4-10,12,31H,3,11H2,1-2H3,(H2,24,30);4-7,9-10H,3,8H2,1-2H3,(H2,19,24);1-3,9-10H/t22-;10-;/m10./s1. The number of fused-ring (bicyclic) bond motifs is 2. The van der Waals surface area contributed by atoms with E-state index < -0.39 is 36.2 Å². The minimum atomic E-state index is -1.62. The summed E-state index contributed by atoms with van der Waals surface area (Å²) in [4.78, 5) is 39.3. The van der Waals surface area contributed by atoms with Gasteiger partial charge in [-0.2, -0.15) is 0 Å². The molecule has 2 amide bonds. The number of carbonyl (C=O) groups is 2. The molecule has 21 heteroatoms. The third-order valence-corrected chi connectivity index (χ3v) is 10.7. The van der Waals surface area contributed by atoms with Crippen molar-refractivity contribution in [2.75, 3.05) is 0 Å². The van der Waals surface area contributed by atoms with Crippen LogP contribution >= 0.6 is 11.6 Å². The Hall–Kier alpha value is -7.13. The lowest BCUT2D eigenvalue weighted by Gasteiger charge is -2.17. The van der Waals surface area contributed by atoms with Crippen LogP contribution in [-0.4, -0.2) is 84.0 Å². The van der Waals surface area contributed by atoms with Crippen LogP contribution < -0.4 is 17.1 Å². The quantitative estimate of drug-likeness (QED) is 0.103. The zero-order chi connectivity index (χ0) is 47.0. The van der Waals surface area contributed by atoms with Gasteiger partial charge in [0.25, 0.3) is 11.8 Å². The van der Waals surface area contributed by atoms with Crippen LogP contribution in [0.1, 0.15) is 89.9 Å². The smallest absolute Gasteiger partial charge is 0.422 e. The summed E-state index contributed by atoms with van der Waals surface area (Å²) in [5.74, 6) is -1.83. The monoisotopic (exact) mass is 904 g/mol. The van der Waals surface area contributed by atoms with Crippen molar-refractivity contribution in [3.8, 4) is 11.3 Å². The van der Waals surface area contributed by atoms with Gasteiger partial charge in [0.1, 0.15) is 34.3 Å². The van der Waals surface area contributed by atoms with Gasteiger partial charge in [-0.05, 0) is 79.4 Å². The number of hydrogen-bond acceptors (Lipinski definition) is 13. The molecule has 0 saturated heterocycles. The molecule has 0 spiro atoms. The first-order chi connectivity index (χ1) is 30.9. The van der Waals surface area contributed by atoms with E-state index in [9.17, 15) is 23.5 Å². The van der Waals surface area contributed by atoms with Crippen molar-refractivity contribution in [3.63, 3.8) is 0 Å². The molecule has 0 unspecified atom stereocenters. The molecule has 17 nitrogen and oxygen atoms in total. The number of aromatic nitrogens is 10. The van der Waals surface area contributed by atoms with Gasteiger partial charge in [-0.25, -0.2) is 28.1 Å². The molecule has 7 N–H and O–H groups in total. The third kappa shape index (κ3) is 11.9. The molecule has 6 aromatic heterocycles. The first-order valence-electron chi connectivity index (χ1n) is 20.2. The number of nitrogens with two attached hydrogens (primary N) is 2. The first kappa shape index (κ1) is 47.4. The number of hydrogen-bond donors (Lipinski definition) is 5. The molecule has 334 valence electrons. The van der Waals surface area contributed by atoms with Crippen molar-refractivity contribution in [2.24, 2.45) is 11.5 Å². The molecular formula is C44H44BClF2N12O5. The van der Waals surface area contributed by atoms with E-state index in [0.717, 1.165) is 52.5 Å². The number of pyridine rings is 4. The van der Waals surface area contributed by atoms with Gasteiger partial charge in [-0.3, -0.25) is 19.6 Å². The predicted molar refractivity (Wildman–Crippen MR) is 240 cm³/mol. The van der Waals surface area contributed by atoms with E-state index in [4.69, 9.17) is 33.1 Å². The lowest BCUT2D eigenvalue weighted by Crippen LogP contribution is -2.32. The molecule has 65 heavy (non-hydrogen) atoms. The van der Waals surface area contributed by atoms with Crippen LogP contribution in [0.25, 0.3) is 33.1 Å². The molecule has 2 aromatic carbocycles. The second-order valence-corrected chi connectivity index (χ2v) is 15.6. The van der Waals surface area contributed by atoms with E-state index >= 15 is 0 Å². The largest absolute Gasteiger partial charge is 0.508 e. The fourth-order valence-electron chi connectivity index (χ4n) is 6.25. The van der Waals surface area contributed by atoms with Crippen molar-refractivity contribution in [3.05, 3.63) is 148 Å². The summed E-state index contributed by atoms with van der Waals surface area (Å²) in [5, 5.41) is 45.9. The summed E-state index contributed by atoms with van der Waals surface area (Å²) < 4.78 is 28.8. The average Bonchev–Trinajstić information content (AvgIpc) is 3.97. The topological polar surface area (TPSA) is 260 Å². The second kappa shape index (κ2) is 20.6. The van der Waals surface area contributed by atoms with Gasteiger partial charge in [-0.1, -0.05) is 67.1 Å². The molecule has 8 aromatic rings. The lowest BCUT2D eigenvalue weighted by molar-refractivity contribution is 0.0484. The summed E-state index contributed by atoms with van der Waals surface area (Å²) in [6, 6.07) is 19.5. The van der Waals surface area contributed by atoms with Crippen LogP contribution in [0.15, 0.2) is 97.6 Å². The Morgan fingerprint density at radius 2 is 1.35 bits per heavy atom. The number of aliphatic hydroxyl groups is 1. The maximum Gasteiger partial charge on any atom is 0.508 e. The molecule has 2 atom stereocenters. The average molecular weight is 905 g/mol. The van der Waals surface area contributed by atoms with E-state index in [0.29, 0.717) is 58.4 Å². The normalized spacial score (nSPS) is 12.4. The van der Waals surface area contributed by atoms with Gasteiger partial charge in [0.05, 0.1) is 64.7 Å². The van der Waals surface area contributed by atoms with Gasteiger partial charge in [0, 0.05) is 28.5 Å². The molecule has 0 aliphatic heterocycles. The van der Waals surface area contributed by atoms with E-state index in [1.54, 1.807) is 34.6 Å². The second-order valence-electron chi connectivity index (χ2n) is 15.2. The molecule has 0 saturated carbocycles. The predicted octanol–water partition coefficient (Wildman–Crippen LogP) is 4.83. The number of halogens is 3. The SMILES string of the molecule is CC[C@@](C)(O)c1cn(Cc2ccc3c(-c4ccc(F)cn4)cc(C(N)=O)nc3c2)nn1.CC[C@H](C)c1cn(Cc2ccc3c(Cl)cc(C(N)=O)nc3c2)nn1.OB(O)c1ccc(F)cn1. The van der Waals surface area contributed by atoms with Crippen molar-refractivity contribution in [1.29, 1.82) is 0 Å². The fraction of sp³-hybridized carbons (Fsp3) is 0.227. The maximum atomic E-state index is 13.3. The van der Waals surface area contributed by atoms with E-state index in [1.807, 2.05) is 49.5 Å². The van der Waals surface area contributed by atoms with Crippen molar-refractivity contribution in [1.82, 2.24) is 49.9 Å². The van der Waals surface area contributed by atoms with E-state index in [2.05, 4.69) is 54.4 Å². The summed E-state index contributed by atoms with van der Waals surface area (Å²) in [5.41, 5.74) is 15.7.